The van der Waals surface area contributed by atoms with Crippen LogP contribution in [0.3, 0.4) is 0 Å². The second-order valence-electron chi connectivity index (χ2n) is 9.20. The first-order chi connectivity index (χ1) is 16.4. The van der Waals surface area contributed by atoms with Gasteiger partial charge in [0.25, 0.3) is 5.91 Å². The van der Waals surface area contributed by atoms with Crippen LogP contribution in [0.4, 0.5) is 0 Å². The summed E-state index contributed by atoms with van der Waals surface area (Å²) in [6.45, 7) is 3.67. The Labute approximate surface area is 200 Å². The van der Waals surface area contributed by atoms with Gasteiger partial charge in [-0.3, -0.25) is 4.79 Å². The highest BCUT2D eigenvalue weighted by molar-refractivity contribution is 7.89. The number of sulfonamides is 1. The Balaban J connectivity index is 1.27. The maximum Gasteiger partial charge on any atom is 0.253 e. The summed E-state index contributed by atoms with van der Waals surface area (Å²) in [6, 6.07) is 16.5. The molecule has 2 unspecified atom stereocenters. The molecule has 5 rings (SSSR count). The molecule has 2 aliphatic rings. The van der Waals surface area contributed by atoms with E-state index in [9.17, 15) is 13.2 Å². The van der Waals surface area contributed by atoms with Crippen molar-refractivity contribution < 1.29 is 13.2 Å². The number of nitrogens with zero attached hydrogens (tertiary/aromatic N) is 5. The summed E-state index contributed by atoms with van der Waals surface area (Å²) in [7, 11) is -1.58. The molecule has 3 aromatic rings. The normalized spacial score (nSPS) is 21.7. The summed E-state index contributed by atoms with van der Waals surface area (Å²) in [6.07, 6.45) is 3.12. The molecule has 2 aromatic carbocycles. The molecule has 0 saturated carbocycles. The highest BCUT2D eigenvalue weighted by Gasteiger charge is 2.40. The monoisotopic (exact) mass is 479 g/mol. The molecular weight excluding hydrogens is 450 g/mol. The fourth-order valence-electron chi connectivity index (χ4n) is 5.02. The Hall–Kier alpha value is -3.04. The topological polar surface area (TPSA) is 88.4 Å². The molecule has 0 bridgehead atoms. The van der Waals surface area contributed by atoms with Crippen LogP contribution in [-0.4, -0.2) is 57.9 Å². The number of hydrogen-bond donors (Lipinski definition) is 0. The zero-order chi connectivity index (χ0) is 23.9. The summed E-state index contributed by atoms with van der Waals surface area (Å²) in [5.41, 5.74) is 2.33. The van der Waals surface area contributed by atoms with Crippen LogP contribution in [0.5, 0.6) is 0 Å². The van der Waals surface area contributed by atoms with Crippen molar-refractivity contribution in [3.8, 4) is 0 Å². The fraction of sp³-hybridized carbons (Fsp3) is 0.400. The van der Waals surface area contributed by atoms with E-state index in [2.05, 4.69) is 10.2 Å². The van der Waals surface area contributed by atoms with E-state index in [0.29, 0.717) is 31.6 Å². The van der Waals surface area contributed by atoms with Gasteiger partial charge in [-0.15, -0.1) is 10.2 Å². The first-order valence-electron chi connectivity index (χ1n) is 11.6. The third-order valence-corrected chi connectivity index (χ3v) is 9.43. The van der Waals surface area contributed by atoms with Crippen molar-refractivity contribution in [1.29, 1.82) is 0 Å². The number of rotatable bonds is 5. The second kappa shape index (κ2) is 8.96. The van der Waals surface area contributed by atoms with E-state index >= 15 is 0 Å². The molecule has 0 spiro atoms. The van der Waals surface area contributed by atoms with E-state index in [4.69, 9.17) is 0 Å². The van der Waals surface area contributed by atoms with Crippen LogP contribution in [0.25, 0.3) is 0 Å². The highest BCUT2D eigenvalue weighted by atomic mass is 32.2. The number of carbonyl (C=O) groups is 1. The molecule has 0 aliphatic carbocycles. The van der Waals surface area contributed by atoms with E-state index in [-0.39, 0.29) is 17.9 Å². The minimum atomic E-state index is -3.49. The predicted molar refractivity (Wildman–Crippen MR) is 129 cm³/mol. The second-order valence-corrected chi connectivity index (χ2v) is 11.3. The number of carbonyl (C=O) groups excluding carboxylic acids is 1. The molecule has 1 amide bonds. The number of amides is 1. The Bertz CT molecular complexity index is 1270. The van der Waals surface area contributed by atoms with Crippen molar-refractivity contribution in [3.63, 3.8) is 0 Å². The van der Waals surface area contributed by atoms with Gasteiger partial charge in [-0.2, -0.15) is 4.31 Å². The van der Waals surface area contributed by atoms with Gasteiger partial charge < -0.3 is 9.47 Å². The molecule has 2 atom stereocenters. The third-order valence-electron chi connectivity index (χ3n) is 7.05. The lowest BCUT2D eigenvalue weighted by atomic mass is 9.97. The molecule has 34 heavy (non-hydrogen) atoms. The largest absolute Gasteiger partial charge is 0.337 e. The molecule has 2 aliphatic heterocycles. The van der Waals surface area contributed by atoms with Gasteiger partial charge in [0.2, 0.25) is 10.0 Å². The van der Waals surface area contributed by atoms with Crippen molar-refractivity contribution in [2.24, 2.45) is 7.05 Å². The SMILES string of the molecule is CC(c1ccc(C(=O)N2CC(c3nncn3C)C2)cc1)N1CCCC(c2ccccc2)S1(=O)=O. The molecule has 8 nitrogen and oxygen atoms in total. The maximum absolute atomic E-state index is 13.4. The number of hydrogen-bond acceptors (Lipinski definition) is 5. The van der Waals surface area contributed by atoms with Crippen molar-refractivity contribution in [3.05, 3.63) is 83.4 Å². The molecular formula is C25H29N5O3S. The van der Waals surface area contributed by atoms with E-state index in [1.807, 2.05) is 61.0 Å². The van der Waals surface area contributed by atoms with Gasteiger partial charge in [0, 0.05) is 38.3 Å². The van der Waals surface area contributed by atoms with Gasteiger partial charge in [-0.1, -0.05) is 42.5 Å². The molecule has 9 heteroatoms. The lowest BCUT2D eigenvalue weighted by molar-refractivity contribution is 0.0591. The van der Waals surface area contributed by atoms with Crippen LogP contribution >= 0.6 is 0 Å². The van der Waals surface area contributed by atoms with E-state index < -0.39 is 15.3 Å². The molecule has 178 valence electrons. The van der Waals surface area contributed by atoms with E-state index in [1.165, 1.54) is 0 Å². The van der Waals surface area contributed by atoms with Crippen LogP contribution in [-0.2, 0) is 17.1 Å². The fourth-order valence-corrected chi connectivity index (χ4v) is 7.25. The van der Waals surface area contributed by atoms with Gasteiger partial charge in [-0.25, -0.2) is 8.42 Å². The van der Waals surface area contributed by atoms with Crippen LogP contribution in [0.2, 0.25) is 0 Å². The first-order valence-corrected chi connectivity index (χ1v) is 13.2. The van der Waals surface area contributed by atoms with Crippen LogP contribution in [0, 0.1) is 0 Å². The summed E-state index contributed by atoms with van der Waals surface area (Å²) < 4.78 is 30.4. The number of aromatic nitrogens is 3. The average molecular weight is 480 g/mol. The standard InChI is InChI=1S/C25H29N5O3S/c1-18(30-14-6-9-23(34(30,32)33)20-7-4-3-5-8-20)19-10-12-21(13-11-19)25(31)29-15-22(16-29)24-27-26-17-28(24)2/h3-5,7-8,10-13,17-18,22-23H,6,9,14-16H2,1-2H3. The molecule has 0 radical (unpaired) electrons. The molecule has 2 saturated heterocycles. The zero-order valence-corrected chi connectivity index (χ0v) is 20.2. The quantitative estimate of drug-likeness (QED) is 0.560. The van der Waals surface area contributed by atoms with Crippen molar-refractivity contribution in [1.82, 2.24) is 24.0 Å². The van der Waals surface area contributed by atoms with E-state index in [1.54, 1.807) is 27.7 Å². The Kier molecular flexibility index (Phi) is 5.99. The lowest BCUT2D eigenvalue weighted by Gasteiger charge is -2.38. The summed E-state index contributed by atoms with van der Waals surface area (Å²) in [4.78, 5) is 14.7. The van der Waals surface area contributed by atoms with Gasteiger partial charge >= 0.3 is 0 Å². The van der Waals surface area contributed by atoms with Gasteiger partial charge in [0.05, 0.1) is 5.92 Å². The zero-order valence-electron chi connectivity index (χ0n) is 19.4. The van der Waals surface area contributed by atoms with Crippen LogP contribution < -0.4 is 0 Å². The summed E-state index contributed by atoms with van der Waals surface area (Å²) >= 11 is 0. The Morgan fingerprint density at radius 1 is 1.06 bits per heavy atom. The average Bonchev–Trinajstić information content (AvgIpc) is 3.23. The number of aryl methyl sites for hydroxylation is 1. The number of likely N-dealkylation sites (tertiary alicyclic amines) is 1. The van der Waals surface area contributed by atoms with Gasteiger partial charge in [0.1, 0.15) is 17.4 Å². The first kappa shape index (κ1) is 22.7. The number of benzene rings is 2. The minimum Gasteiger partial charge on any atom is -0.337 e. The van der Waals surface area contributed by atoms with Gasteiger partial charge in [0.15, 0.2) is 0 Å². The van der Waals surface area contributed by atoms with Crippen LogP contribution in [0.15, 0.2) is 60.9 Å². The van der Waals surface area contributed by atoms with Crippen LogP contribution in [0.1, 0.15) is 64.3 Å². The molecule has 0 N–H and O–H groups in total. The Morgan fingerprint density at radius 3 is 2.41 bits per heavy atom. The molecule has 3 heterocycles. The van der Waals surface area contributed by atoms with Crippen molar-refractivity contribution in [2.45, 2.75) is 37.0 Å². The summed E-state index contributed by atoms with van der Waals surface area (Å²) in [5, 5.41) is 7.53. The van der Waals surface area contributed by atoms with Crippen molar-refractivity contribution >= 4 is 15.9 Å². The van der Waals surface area contributed by atoms with E-state index in [0.717, 1.165) is 23.4 Å². The summed E-state index contributed by atoms with van der Waals surface area (Å²) in [5.74, 6) is 1.08. The lowest BCUT2D eigenvalue weighted by Crippen LogP contribution is -2.49. The predicted octanol–water partition coefficient (Wildman–Crippen LogP) is 3.28. The third kappa shape index (κ3) is 4.03. The minimum absolute atomic E-state index is 0.0210. The Morgan fingerprint density at radius 2 is 1.76 bits per heavy atom. The molecule has 1 aromatic heterocycles. The highest BCUT2D eigenvalue weighted by Crippen LogP contribution is 2.39. The molecule has 2 fully saturated rings. The smallest absolute Gasteiger partial charge is 0.253 e. The van der Waals surface area contributed by atoms with Crippen molar-refractivity contribution in [2.75, 3.05) is 19.6 Å². The maximum atomic E-state index is 13.4. The van der Waals surface area contributed by atoms with Gasteiger partial charge in [-0.05, 0) is 43.0 Å².